The first-order valence-corrected chi connectivity index (χ1v) is 18.5. The second-order valence-electron chi connectivity index (χ2n) is 8.09. The second-order valence-corrected chi connectivity index (χ2v) is 18.1. The molecule has 4 aromatic carbocycles. The molecule has 1 aliphatic rings. The van der Waals surface area contributed by atoms with Crippen molar-refractivity contribution in [2.24, 2.45) is 0 Å². The van der Waals surface area contributed by atoms with Crippen LogP contribution in [0.2, 0.25) is 13.1 Å². The zero-order valence-corrected chi connectivity index (χ0v) is 23.2. The SMILES string of the molecule is C[Si]1O[Si](c2ccccc2)(c2ccccc2)O[Si](C)O[Si](c2ccccc2)(c2ccccc2)O1. The molecule has 0 unspecified atom stereocenters. The summed E-state index contributed by atoms with van der Waals surface area (Å²) in [6.07, 6.45) is 0. The number of rotatable bonds is 4. The molecule has 0 saturated carbocycles. The Morgan fingerprint density at radius 1 is 0.382 bits per heavy atom. The molecule has 8 heteroatoms. The van der Waals surface area contributed by atoms with Crippen LogP contribution in [0.5, 0.6) is 0 Å². The molecule has 0 bridgehead atoms. The van der Waals surface area contributed by atoms with Crippen LogP contribution < -0.4 is 20.7 Å². The van der Waals surface area contributed by atoms with Gasteiger partial charge in [0, 0.05) is 0 Å². The summed E-state index contributed by atoms with van der Waals surface area (Å²) in [6.45, 7) is 4.12. The molecule has 0 amide bonds. The van der Waals surface area contributed by atoms with Crippen molar-refractivity contribution >= 4 is 56.4 Å². The Bertz CT molecular complexity index is 1000. The van der Waals surface area contributed by atoms with Gasteiger partial charge in [-0.3, -0.25) is 0 Å². The molecule has 4 aromatic rings. The molecular formula is C26H26O4Si4. The molecule has 34 heavy (non-hydrogen) atoms. The van der Waals surface area contributed by atoms with E-state index in [-0.39, 0.29) is 0 Å². The average molecular weight is 515 g/mol. The Hall–Kier alpha value is -2.41. The Labute approximate surface area is 206 Å². The Morgan fingerprint density at radius 3 is 0.794 bits per heavy atom. The maximum Gasteiger partial charge on any atom is 0.389 e. The van der Waals surface area contributed by atoms with Gasteiger partial charge in [0.25, 0.3) is 0 Å². The lowest BCUT2D eigenvalue weighted by Crippen LogP contribution is -2.74. The minimum Gasteiger partial charge on any atom is -0.408 e. The van der Waals surface area contributed by atoms with Crippen LogP contribution in [0.4, 0.5) is 0 Å². The third-order valence-electron chi connectivity index (χ3n) is 5.77. The maximum atomic E-state index is 7.00. The monoisotopic (exact) mass is 514 g/mol. The van der Waals surface area contributed by atoms with E-state index in [0.29, 0.717) is 0 Å². The third-order valence-corrected chi connectivity index (χ3v) is 19.3. The van der Waals surface area contributed by atoms with Gasteiger partial charge in [-0.15, -0.1) is 0 Å². The van der Waals surface area contributed by atoms with Crippen molar-refractivity contribution in [3.8, 4) is 0 Å². The first kappa shape index (κ1) is 23.3. The smallest absolute Gasteiger partial charge is 0.389 e. The lowest BCUT2D eigenvalue weighted by Gasteiger charge is -2.43. The van der Waals surface area contributed by atoms with Crippen molar-refractivity contribution in [3.05, 3.63) is 121 Å². The molecule has 0 spiro atoms. The summed E-state index contributed by atoms with van der Waals surface area (Å²) in [5.74, 6) is 0. The highest BCUT2D eigenvalue weighted by Crippen LogP contribution is 2.22. The Morgan fingerprint density at radius 2 is 0.588 bits per heavy atom. The lowest BCUT2D eigenvalue weighted by molar-refractivity contribution is 0.281. The zero-order valence-electron chi connectivity index (χ0n) is 19.2. The predicted octanol–water partition coefficient (Wildman–Crippen LogP) is 2.82. The van der Waals surface area contributed by atoms with E-state index in [1.807, 2.05) is 72.8 Å². The molecule has 1 fully saturated rings. The molecule has 170 valence electrons. The van der Waals surface area contributed by atoms with Crippen LogP contribution >= 0.6 is 0 Å². The number of hydrogen-bond acceptors (Lipinski definition) is 4. The summed E-state index contributed by atoms with van der Waals surface area (Å²) >= 11 is 0. The van der Waals surface area contributed by atoms with E-state index in [0.717, 1.165) is 20.7 Å². The van der Waals surface area contributed by atoms with E-state index in [9.17, 15) is 0 Å². The van der Waals surface area contributed by atoms with Crippen molar-refractivity contribution in [2.45, 2.75) is 13.1 Å². The average Bonchev–Trinajstić information content (AvgIpc) is 2.89. The van der Waals surface area contributed by atoms with E-state index in [4.69, 9.17) is 16.5 Å². The molecule has 2 radical (unpaired) electrons. The predicted molar refractivity (Wildman–Crippen MR) is 143 cm³/mol. The molecule has 0 atom stereocenters. The normalized spacial score (nSPS) is 18.6. The summed E-state index contributed by atoms with van der Waals surface area (Å²) in [6, 6.07) is 41.2. The van der Waals surface area contributed by atoms with E-state index in [2.05, 4.69) is 61.6 Å². The van der Waals surface area contributed by atoms with Gasteiger partial charge in [0.05, 0.1) is 0 Å². The largest absolute Gasteiger partial charge is 0.408 e. The molecule has 5 rings (SSSR count). The van der Waals surface area contributed by atoms with Gasteiger partial charge in [-0.1, -0.05) is 121 Å². The second kappa shape index (κ2) is 10.1. The van der Waals surface area contributed by atoms with Gasteiger partial charge in [0.15, 0.2) is 0 Å². The van der Waals surface area contributed by atoms with Crippen LogP contribution in [0.3, 0.4) is 0 Å². The highest BCUT2D eigenvalue weighted by atomic mass is 28.5. The summed E-state index contributed by atoms with van der Waals surface area (Å²) in [7, 11) is -9.66. The van der Waals surface area contributed by atoms with Gasteiger partial charge in [0.1, 0.15) is 0 Å². The summed E-state index contributed by atoms with van der Waals surface area (Å²) < 4.78 is 28.0. The fraction of sp³-hybridized carbons (Fsp3) is 0.0769. The van der Waals surface area contributed by atoms with Gasteiger partial charge >= 0.3 is 35.7 Å². The van der Waals surface area contributed by atoms with Crippen molar-refractivity contribution in [1.29, 1.82) is 0 Å². The van der Waals surface area contributed by atoms with Gasteiger partial charge in [-0.25, -0.2) is 0 Å². The van der Waals surface area contributed by atoms with E-state index in [1.165, 1.54) is 0 Å². The Kier molecular flexibility index (Phi) is 6.91. The standard InChI is InChI=1S/C26H26O4Si4/c1-31-27-33(23-15-7-3-8-16-23,24-17-9-4-10-18-24)29-32(2)30-34(28-31,25-19-11-5-12-20-25)26-21-13-6-14-22-26/h3-22H,1-2H3. The summed E-state index contributed by atoms with van der Waals surface area (Å²) in [5, 5.41) is 4.26. The third kappa shape index (κ3) is 4.47. The van der Waals surface area contributed by atoms with Gasteiger partial charge < -0.3 is 16.5 Å². The molecule has 4 nitrogen and oxygen atoms in total. The molecule has 0 N–H and O–H groups in total. The first-order valence-electron chi connectivity index (χ1n) is 11.3. The van der Waals surface area contributed by atoms with E-state index in [1.54, 1.807) is 0 Å². The zero-order chi connectivity index (χ0) is 23.4. The fourth-order valence-electron chi connectivity index (χ4n) is 4.33. The molecule has 1 aliphatic heterocycles. The molecule has 1 saturated heterocycles. The minimum atomic E-state index is -3.05. The van der Waals surface area contributed by atoms with Gasteiger partial charge in [-0.2, -0.15) is 0 Å². The van der Waals surface area contributed by atoms with E-state index < -0.39 is 35.7 Å². The van der Waals surface area contributed by atoms with E-state index >= 15 is 0 Å². The van der Waals surface area contributed by atoms with Gasteiger partial charge in [-0.05, 0) is 33.8 Å². The maximum absolute atomic E-state index is 7.00. The van der Waals surface area contributed by atoms with Crippen LogP contribution in [-0.2, 0) is 16.5 Å². The van der Waals surface area contributed by atoms with Crippen molar-refractivity contribution in [3.63, 3.8) is 0 Å². The van der Waals surface area contributed by atoms with Crippen LogP contribution in [0.25, 0.3) is 0 Å². The fourth-order valence-corrected chi connectivity index (χ4v) is 19.9. The highest BCUT2D eigenvalue weighted by Gasteiger charge is 2.54. The topological polar surface area (TPSA) is 36.9 Å². The van der Waals surface area contributed by atoms with Crippen LogP contribution in [0.15, 0.2) is 121 Å². The lowest BCUT2D eigenvalue weighted by atomic mass is 10.4. The van der Waals surface area contributed by atoms with Crippen molar-refractivity contribution in [2.75, 3.05) is 0 Å². The van der Waals surface area contributed by atoms with Gasteiger partial charge in [0.2, 0.25) is 0 Å². The number of benzene rings is 4. The highest BCUT2D eigenvalue weighted by molar-refractivity contribution is 7.03. The van der Waals surface area contributed by atoms with Crippen molar-refractivity contribution in [1.82, 2.24) is 0 Å². The molecule has 0 aromatic heterocycles. The quantitative estimate of drug-likeness (QED) is 0.393. The molecule has 0 aliphatic carbocycles. The van der Waals surface area contributed by atoms with Crippen LogP contribution in [0.1, 0.15) is 0 Å². The van der Waals surface area contributed by atoms with Crippen LogP contribution in [0, 0.1) is 0 Å². The first-order chi connectivity index (χ1) is 16.6. The Balaban J connectivity index is 1.64. The number of hydrogen-bond donors (Lipinski definition) is 0. The molecular weight excluding hydrogens is 489 g/mol. The molecule has 1 heterocycles. The minimum absolute atomic E-state index is 1.07. The van der Waals surface area contributed by atoms with Crippen LogP contribution in [-0.4, -0.2) is 35.7 Å². The van der Waals surface area contributed by atoms with Crippen molar-refractivity contribution < 1.29 is 16.5 Å². The summed E-state index contributed by atoms with van der Waals surface area (Å²) in [4.78, 5) is 0. The summed E-state index contributed by atoms with van der Waals surface area (Å²) in [5.41, 5.74) is 0.